The van der Waals surface area contributed by atoms with Gasteiger partial charge in [-0.1, -0.05) is 172 Å². The average molecular weight is 903 g/mol. The van der Waals surface area contributed by atoms with Crippen molar-refractivity contribution in [3.8, 4) is 39.1 Å². The molecule has 69 heavy (non-hydrogen) atoms. The summed E-state index contributed by atoms with van der Waals surface area (Å²) in [5, 5.41) is 1.64. The molecule has 3 heterocycles. The molecular weight excluding hydrogens is 857 g/mol. The van der Waals surface area contributed by atoms with Crippen molar-refractivity contribution < 1.29 is 0 Å². The molecular formula is C64H46N4S. The van der Waals surface area contributed by atoms with Crippen molar-refractivity contribution in [2.75, 3.05) is 14.7 Å². The Morgan fingerprint density at radius 2 is 0.841 bits per heavy atom. The molecule has 1 spiro atoms. The summed E-state index contributed by atoms with van der Waals surface area (Å²) < 4.78 is 2.50. The third-order valence-electron chi connectivity index (χ3n) is 14.7. The number of hydrogen-bond acceptors (Lipinski definition) is 4. The Balaban J connectivity index is 1.03. The first-order valence-corrected chi connectivity index (χ1v) is 24.7. The van der Waals surface area contributed by atoms with Crippen molar-refractivity contribution in [1.82, 2.24) is 4.57 Å². The lowest BCUT2D eigenvalue weighted by molar-refractivity contribution is 0.649. The van der Waals surface area contributed by atoms with E-state index in [0.29, 0.717) is 0 Å². The van der Waals surface area contributed by atoms with Crippen LogP contribution in [0.2, 0.25) is 0 Å². The summed E-state index contributed by atoms with van der Waals surface area (Å²) in [6, 6.07) is 89.7. The number of thioether (sulfide) groups is 1. The molecule has 10 aromatic carbocycles. The molecule has 328 valence electrons. The van der Waals surface area contributed by atoms with E-state index in [0.717, 1.165) is 39.8 Å². The summed E-state index contributed by atoms with van der Waals surface area (Å²) in [6.45, 7) is 4.75. The van der Waals surface area contributed by atoms with E-state index in [9.17, 15) is 0 Å². The van der Waals surface area contributed by atoms with E-state index < -0.39 is 5.12 Å². The van der Waals surface area contributed by atoms with Crippen molar-refractivity contribution in [2.45, 2.75) is 29.3 Å². The molecule has 11 aromatic rings. The Labute approximate surface area is 407 Å². The Hall–Kier alpha value is -8.25. The van der Waals surface area contributed by atoms with Gasteiger partial charge in [-0.25, -0.2) is 0 Å². The maximum Gasteiger partial charge on any atom is 0.261 e. The van der Waals surface area contributed by atoms with Crippen LogP contribution in [-0.2, 0) is 5.41 Å². The van der Waals surface area contributed by atoms with Crippen LogP contribution in [0.5, 0.6) is 0 Å². The number of nitrogens with zero attached hydrogens (tertiary/aromatic N) is 4. The van der Waals surface area contributed by atoms with E-state index in [1.165, 1.54) is 71.2 Å². The topological polar surface area (TPSA) is 14.7 Å². The highest BCUT2D eigenvalue weighted by Gasteiger charge is 2.60. The summed E-state index contributed by atoms with van der Waals surface area (Å²) in [7, 11) is 0. The third-order valence-corrected chi connectivity index (χ3v) is 16.1. The molecule has 3 aliphatic rings. The lowest BCUT2D eigenvalue weighted by Crippen LogP contribution is -2.59. The molecule has 0 saturated carbocycles. The minimum absolute atomic E-state index is 0.133. The second-order valence-corrected chi connectivity index (χ2v) is 20.1. The second kappa shape index (κ2) is 15.1. The van der Waals surface area contributed by atoms with E-state index in [1.54, 1.807) is 0 Å². The summed E-state index contributed by atoms with van der Waals surface area (Å²) in [5.41, 5.74) is 20.2. The van der Waals surface area contributed by atoms with Crippen molar-refractivity contribution in [2.24, 2.45) is 0 Å². The van der Waals surface area contributed by atoms with Crippen molar-refractivity contribution in [3.05, 3.63) is 254 Å². The smallest absolute Gasteiger partial charge is 0.261 e. The molecule has 4 nitrogen and oxygen atoms in total. The maximum atomic E-state index is 2.60. The Morgan fingerprint density at radius 1 is 0.333 bits per heavy atom. The minimum atomic E-state index is -0.881. The Morgan fingerprint density at radius 3 is 1.52 bits per heavy atom. The van der Waals surface area contributed by atoms with Gasteiger partial charge in [-0.2, -0.15) is 0 Å². The van der Waals surface area contributed by atoms with E-state index in [-0.39, 0.29) is 5.41 Å². The third kappa shape index (κ3) is 5.84. The molecule has 1 aromatic heterocycles. The van der Waals surface area contributed by atoms with E-state index in [4.69, 9.17) is 0 Å². The zero-order chi connectivity index (χ0) is 45.8. The van der Waals surface area contributed by atoms with Gasteiger partial charge in [0.2, 0.25) is 0 Å². The second-order valence-electron chi connectivity index (χ2n) is 18.9. The highest BCUT2D eigenvalue weighted by Crippen LogP contribution is 2.66. The molecule has 0 amide bonds. The predicted octanol–water partition coefficient (Wildman–Crippen LogP) is 17.3. The summed E-state index contributed by atoms with van der Waals surface area (Å²) in [5.74, 6) is 0. The van der Waals surface area contributed by atoms with Gasteiger partial charge in [0.1, 0.15) is 0 Å². The molecule has 14 rings (SSSR count). The predicted molar refractivity (Wildman–Crippen MR) is 290 cm³/mol. The first-order valence-electron chi connectivity index (χ1n) is 23.8. The lowest BCUT2D eigenvalue weighted by Gasteiger charge is -2.48. The molecule has 0 radical (unpaired) electrons. The molecule has 0 atom stereocenters. The monoisotopic (exact) mass is 902 g/mol. The van der Waals surface area contributed by atoms with E-state index in [2.05, 4.69) is 276 Å². The highest BCUT2D eigenvalue weighted by atomic mass is 32.2. The zero-order valence-corrected chi connectivity index (χ0v) is 39.1. The van der Waals surface area contributed by atoms with Gasteiger partial charge in [0.25, 0.3) is 5.12 Å². The number of benzene rings is 10. The number of aromatic nitrogens is 1. The van der Waals surface area contributed by atoms with Crippen molar-refractivity contribution in [1.29, 1.82) is 0 Å². The van der Waals surface area contributed by atoms with Gasteiger partial charge < -0.3 is 4.57 Å². The van der Waals surface area contributed by atoms with Crippen molar-refractivity contribution >= 4 is 67.7 Å². The van der Waals surface area contributed by atoms with Gasteiger partial charge in [-0.15, -0.1) is 0 Å². The summed E-state index contributed by atoms with van der Waals surface area (Å²) in [6.07, 6.45) is 0. The minimum Gasteiger partial charge on any atom is -0.309 e. The van der Waals surface area contributed by atoms with Crippen LogP contribution in [0.25, 0.3) is 60.9 Å². The normalized spacial score (nSPS) is 14.9. The lowest BCUT2D eigenvalue weighted by atomic mass is 9.82. The average Bonchev–Trinajstić information content (AvgIpc) is 4.08. The van der Waals surface area contributed by atoms with E-state index in [1.807, 2.05) is 11.8 Å². The number of para-hydroxylation sites is 4. The van der Waals surface area contributed by atoms with E-state index >= 15 is 0 Å². The van der Waals surface area contributed by atoms with Gasteiger partial charge in [0.15, 0.2) is 0 Å². The summed E-state index contributed by atoms with van der Waals surface area (Å²) >= 11 is 1.90. The summed E-state index contributed by atoms with van der Waals surface area (Å²) in [4.78, 5) is 8.99. The molecule has 0 bridgehead atoms. The van der Waals surface area contributed by atoms with Crippen LogP contribution in [0.15, 0.2) is 248 Å². The maximum absolute atomic E-state index is 2.60. The van der Waals surface area contributed by atoms with Crippen LogP contribution in [0.4, 0.5) is 34.1 Å². The van der Waals surface area contributed by atoms with Gasteiger partial charge in [-0.3, -0.25) is 14.7 Å². The largest absolute Gasteiger partial charge is 0.309 e. The number of hydrogen-bond donors (Lipinski definition) is 0. The highest BCUT2D eigenvalue weighted by molar-refractivity contribution is 8.01. The molecule has 0 fully saturated rings. The molecule has 0 saturated heterocycles. The molecule has 5 heteroatoms. The fourth-order valence-corrected chi connectivity index (χ4v) is 13.3. The first-order chi connectivity index (χ1) is 34.0. The van der Waals surface area contributed by atoms with Gasteiger partial charge in [-0.05, 0) is 141 Å². The Bertz CT molecular complexity index is 3730. The van der Waals surface area contributed by atoms with Gasteiger partial charge >= 0.3 is 0 Å². The van der Waals surface area contributed by atoms with Gasteiger partial charge in [0.05, 0.1) is 28.1 Å². The van der Waals surface area contributed by atoms with Crippen LogP contribution in [0, 0.1) is 0 Å². The van der Waals surface area contributed by atoms with Crippen LogP contribution < -0.4 is 14.7 Å². The van der Waals surface area contributed by atoms with Crippen LogP contribution >= 0.6 is 11.8 Å². The standard InChI is InChI=1S/C64H46N4S/c1-63(2)55-32-11-9-30-51(55)53-41-54-52-31-10-12-33-57(52)65(61(54)42-56(53)63)47-26-19-29-50(40-47)68-60-36-15-16-37-62(60)69-64(68)66(48-27-17-24-45(38-48)43-20-5-3-6-21-43)58-34-13-14-35-59(58)67(64)49-28-18-25-46(39-49)44-22-7-4-8-23-44/h3-42H,1-2H3. The number of anilines is 6. The fourth-order valence-electron chi connectivity index (χ4n) is 11.7. The molecule has 0 N–H and O–H groups in total. The van der Waals surface area contributed by atoms with Gasteiger partial charge in [0, 0.05) is 43.8 Å². The van der Waals surface area contributed by atoms with Crippen LogP contribution in [0.1, 0.15) is 25.0 Å². The fraction of sp³-hybridized carbons (Fsp3) is 0.0625. The number of fused-ring (bicyclic) bond motifs is 8. The van der Waals surface area contributed by atoms with Crippen LogP contribution in [0.3, 0.4) is 0 Å². The zero-order valence-electron chi connectivity index (χ0n) is 38.3. The quantitative estimate of drug-likeness (QED) is 0.165. The SMILES string of the molecule is CC1(C)c2ccccc2-c2cc3c4ccccc4n(-c4cccc(N5c6ccccc6SC56N(c5cccc(-c7ccccc7)c5)c5ccccc5N6c5cccc(-c6ccccc6)c5)c4)c3cc21. The van der Waals surface area contributed by atoms with Crippen molar-refractivity contribution in [3.63, 3.8) is 0 Å². The first kappa shape index (κ1) is 39.9. The molecule has 0 unspecified atom stereocenters. The molecule has 2 aliphatic heterocycles. The Kier molecular flexibility index (Phi) is 8.74. The molecule has 1 aliphatic carbocycles. The van der Waals surface area contributed by atoms with Crippen LogP contribution in [-0.4, -0.2) is 9.69 Å². The number of rotatable bonds is 6.